The third kappa shape index (κ3) is 10.9. The summed E-state index contributed by atoms with van der Waals surface area (Å²) in [5, 5.41) is 0. The smallest absolute Gasteiger partial charge is 0.343 e. The molecule has 4 aromatic rings. The third-order valence-corrected chi connectivity index (χ3v) is 8.93. The number of carbonyl (C=O) groups excluding carboxylic acids is 7. The minimum absolute atomic E-state index is 0.00237. The molecule has 2 fully saturated rings. The standard InChI is InChI=1S/C45H36O15/c1-4-26(3)22-38(47)55-32-14-6-27(7-15-32)42(49)57-34-18-10-29(11-19-34)44(51)59-36-24-53-41-37(25-54-40(36)41)60-45(52)30-12-20-35(21-13-30)58-43(50)28-8-16-33(17-9-28)56-39(48)23-31(46)5-2/h4-21,36-37,40-41H,1-3,22-25H2. The normalized spacial score (nSPS) is 17.5. The summed E-state index contributed by atoms with van der Waals surface area (Å²) in [5.74, 6) is -3.82. The van der Waals surface area contributed by atoms with Gasteiger partial charge in [-0.2, -0.15) is 0 Å². The summed E-state index contributed by atoms with van der Waals surface area (Å²) in [7, 11) is 0. The van der Waals surface area contributed by atoms with Crippen LogP contribution in [0.1, 0.15) is 54.3 Å². The average molecular weight is 817 g/mol. The summed E-state index contributed by atoms with van der Waals surface area (Å²) < 4.78 is 44.0. The van der Waals surface area contributed by atoms with E-state index in [4.69, 9.17) is 37.9 Å². The number of ether oxygens (including phenoxy) is 8. The van der Waals surface area contributed by atoms with Gasteiger partial charge in [0.25, 0.3) is 0 Å². The largest absolute Gasteiger partial charge is 0.453 e. The molecule has 0 bridgehead atoms. The molecule has 0 saturated carbocycles. The fourth-order valence-electron chi connectivity index (χ4n) is 5.82. The van der Waals surface area contributed by atoms with Gasteiger partial charge in [0.2, 0.25) is 0 Å². The first-order valence-electron chi connectivity index (χ1n) is 18.3. The van der Waals surface area contributed by atoms with Crippen LogP contribution in [0, 0.1) is 0 Å². The number of esters is 6. The molecule has 0 N–H and O–H groups in total. The van der Waals surface area contributed by atoms with Crippen LogP contribution in [0.4, 0.5) is 0 Å². The van der Waals surface area contributed by atoms with Crippen molar-refractivity contribution < 1.29 is 71.5 Å². The van der Waals surface area contributed by atoms with Crippen LogP contribution >= 0.6 is 0 Å². The monoisotopic (exact) mass is 816 g/mol. The minimum Gasteiger partial charge on any atom is -0.453 e. The molecule has 15 heteroatoms. The highest BCUT2D eigenvalue weighted by molar-refractivity contribution is 6.02. The Morgan fingerprint density at radius 3 is 1.17 bits per heavy atom. The van der Waals surface area contributed by atoms with Gasteiger partial charge in [0.15, 0.2) is 18.0 Å². The second kappa shape index (κ2) is 19.3. The van der Waals surface area contributed by atoms with E-state index in [1.165, 1.54) is 103 Å². The van der Waals surface area contributed by atoms with Crippen molar-refractivity contribution in [2.75, 3.05) is 13.2 Å². The van der Waals surface area contributed by atoms with Crippen molar-refractivity contribution in [2.45, 2.75) is 37.3 Å². The van der Waals surface area contributed by atoms with E-state index >= 15 is 0 Å². The summed E-state index contributed by atoms with van der Waals surface area (Å²) >= 11 is 0. The summed E-state index contributed by atoms with van der Waals surface area (Å²) in [5.41, 5.74) is 1.21. The Balaban J connectivity index is 0.936. The predicted molar refractivity (Wildman–Crippen MR) is 209 cm³/mol. The van der Waals surface area contributed by atoms with Crippen molar-refractivity contribution >= 4 is 41.6 Å². The van der Waals surface area contributed by atoms with E-state index in [0.29, 0.717) is 5.57 Å². The minimum atomic E-state index is -0.795. The number of fused-ring (bicyclic) bond motifs is 1. The van der Waals surface area contributed by atoms with E-state index in [1.54, 1.807) is 0 Å². The fraction of sp³-hybridized carbons (Fsp3) is 0.178. The van der Waals surface area contributed by atoms with Crippen molar-refractivity contribution in [1.82, 2.24) is 0 Å². The topological polar surface area (TPSA) is 193 Å². The van der Waals surface area contributed by atoms with Gasteiger partial charge in [0.1, 0.15) is 41.6 Å². The van der Waals surface area contributed by atoms with Gasteiger partial charge in [0.05, 0.1) is 41.9 Å². The molecule has 4 aromatic carbocycles. The zero-order valence-electron chi connectivity index (χ0n) is 31.8. The Morgan fingerprint density at radius 1 is 0.483 bits per heavy atom. The summed E-state index contributed by atoms with van der Waals surface area (Å²) in [6.07, 6.45) is -0.977. The molecule has 4 atom stereocenters. The Kier molecular flexibility index (Phi) is 13.6. The summed E-state index contributed by atoms with van der Waals surface area (Å²) in [4.78, 5) is 86.4. The molecule has 0 spiro atoms. The molecule has 0 aromatic heterocycles. The second-order valence-electron chi connectivity index (χ2n) is 13.2. The molecule has 2 saturated heterocycles. The number of hydrogen-bond donors (Lipinski definition) is 0. The molecule has 0 aliphatic carbocycles. The van der Waals surface area contributed by atoms with Crippen LogP contribution in [0.5, 0.6) is 23.0 Å². The first kappa shape index (κ1) is 42.1. The Labute approximate surface area is 342 Å². The van der Waals surface area contributed by atoms with Crippen LogP contribution in [-0.2, 0) is 33.3 Å². The number of rotatable bonds is 16. The highest BCUT2D eigenvalue weighted by Crippen LogP contribution is 2.32. The van der Waals surface area contributed by atoms with Crippen molar-refractivity contribution in [3.05, 3.63) is 157 Å². The maximum atomic E-state index is 13.0. The predicted octanol–water partition coefficient (Wildman–Crippen LogP) is 5.76. The molecular weight excluding hydrogens is 780 g/mol. The van der Waals surface area contributed by atoms with Gasteiger partial charge in [0, 0.05) is 0 Å². The lowest BCUT2D eigenvalue weighted by atomic mass is 10.1. The van der Waals surface area contributed by atoms with Gasteiger partial charge in [-0.3, -0.25) is 14.4 Å². The van der Waals surface area contributed by atoms with E-state index < -0.39 is 72.4 Å². The average Bonchev–Trinajstić information content (AvgIpc) is 3.84. The van der Waals surface area contributed by atoms with Crippen LogP contribution in [0.2, 0.25) is 0 Å². The van der Waals surface area contributed by atoms with E-state index in [-0.39, 0.29) is 64.9 Å². The van der Waals surface area contributed by atoms with E-state index in [9.17, 15) is 33.6 Å². The van der Waals surface area contributed by atoms with Crippen LogP contribution in [0.3, 0.4) is 0 Å². The first-order valence-corrected chi connectivity index (χ1v) is 18.3. The molecule has 0 radical (unpaired) electrons. The van der Waals surface area contributed by atoms with Crippen molar-refractivity contribution in [1.29, 1.82) is 0 Å². The van der Waals surface area contributed by atoms with Crippen molar-refractivity contribution in [2.24, 2.45) is 0 Å². The van der Waals surface area contributed by atoms with Crippen LogP contribution in [-0.4, -0.2) is 79.2 Å². The van der Waals surface area contributed by atoms with Gasteiger partial charge in [-0.05, 0) is 109 Å². The number of ketones is 1. The number of allylic oxidation sites excluding steroid dienone is 2. The van der Waals surface area contributed by atoms with Crippen LogP contribution in [0.25, 0.3) is 0 Å². The zero-order valence-corrected chi connectivity index (χ0v) is 31.8. The number of hydrogen-bond acceptors (Lipinski definition) is 15. The molecule has 15 nitrogen and oxygen atoms in total. The van der Waals surface area contributed by atoms with Gasteiger partial charge in [-0.25, -0.2) is 19.2 Å². The van der Waals surface area contributed by atoms with Crippen LogP contribution in [0.15, 0.2) is 135 Å². The summed E-state index contributed by atoms with van der Waals surface area (Å²) in [6, 6.07) is 22.7. The van der Waals surface area contributed by atoms with Gasteiger partial charge >= 0.3 is 35.8 Å². The number of carbonyl (C=O) groups is 7. The first-order chi connectivity index (χ1) is 28.9. The van der Waals surface area contributed by atoms with Gasteiger partial charge in [-0.1, -0.05) is 25.8 Å². The van der Waals surface area contributed by atoms with Gasteiger partial charge in [-0.15, -0.1) is 0 Å². The molecule has 6 rings (SSSR count). The quantitative estimate of drug-likeness (QED) is 0.0435. The molecule has 2 aliphatic heterocycles. The molecule has 306 valence electrons. The lowest BCUT2D eigenvalue weighted by Crippen LogP contribution is -2.36. The fourth-order valence-corrected chi connectivity index (χ4v) is 5.82. The van der Waals surface area contributed by atoms with E-state index in [0.717, 1.165) is 6.08 Å². The molecule has 60 heavy (non-hydrogen) atoms. The van der Waals surface area contributed by atoms with Crippen molar-refractivity contribution in [3.8, 4) is 23.0 Å². The third-order valence-electron chi connectivity index (χ3n) is 8.93. The Hall–Kier alpha value is -7.49. The van der Waals surface area contributed by atoms with E-state index in [2.05, 4.69) is 19.7 Å². The maximum absolute atomic E-state index is 13.0. The summed E-state index contributed by atoms with van der Waals surface area (Å²) in [6.45, 7) is 10.5. The highest BCUT2D eigenvalue weighted by atomic mass is 16.7. The molecule has 4 unspecified atom stereocenters. The lowest BCUT2D eigenvalue weighted by Gasteiger charge is -2.17. The van der Waals surface area contributed by atoms with E-state index in [1.807, 2.05) is 0 Å². The number of benzene rings is 4. The highest BCUT2D eigenvalue weighted by Gasteiger charge is 2.51. The van der Waals surface area contributed by atoms with Crippen molar-refractivity contribution in [3.63, 3.8) is 0 Å². The zero-order chi connectivity index (χ0) is 42.8. The Morgan fingerprint density at radius 2 is 0.817 bits per heavy atom. The molecular formula is C45H36O15. The molecule has 2 heterocycles. The second-order valence-corrected chi connectivity index (χ2v) is 13.2. The molecule has 0 amide bonds. The SMILES string of the molecule is C=CC(=C)CC(=O)Oc1ccc(C(=O)Oc2ccc(C(=O)OC3COC4C(OC(=O)c5ccc(OC(=O)c6ccc(OC(=O)CC(=O)C=C)cc6)cc5)COC34)cc2)cc1. The molecule has 2 aliphatic rings. The van der Waals surface area contributed by atoms with Gasteiger partial charge < -0.3 is 37.9 Å². The lowest BCUT2D eigenvalue weighted by molar-refractivity contribution is -0.137. The Bertz CT molecular complexity index is 2150. The maximum Gasteiger partial charge on any atom is 0.343 e. The van der Waals surface area contributed by atoms with Crippen LogP contribution < -0.4 is 18.9 Å².